The van der Waals surface area contributed by atoms with Crippen LogP contribution in [0, 0.1) is 0 Å². The molecule has 0 saturated heterocycles. The molecule has 1 N–H and O–H groups in total. The lowest BCUT2D eigenvalue weighted by Gasteiger charge is -2.15. The minimum absolute atomic E-state index is 0.147. The molecule has 2 aromatic rings. The lowest BCUT2D eigenvalue weighted by molar-refractivity contribution is 0.572. The minimum atomic E-state index is 0.147. The molecule has 0 saturated carbocycles. The maximum Gasteiger partial charge on any atom is 0.131 e. The van der Waals surface area contributed by atoms with Gasteiger partial charge in [-0.1, -0.05) is 6.92 Å². The number of nitrogens with one attached hydrogen (secondary N) is 1. The van der Waals surface area contributed by atoms with E-state index in [9.17, 15) is 0 Å². The second-order valence-corrected chi connectivity index (χ2v) is 4.52. The van der Waals surface area contributed by atoms with Crippen LogP contribution >= 0.6 is 11.3 Å². The summed E-state index contributed by atoms with van der Waals surface area (Å²) >= 11 is 1.65. The van der Waals surface area contributed by atoms with Gasteiger partial charge in [0.15, 0.2) is 0 Å². The number of rotatable bonds is 5. The van der Waals surface area contributed by atoms with Crippen LogP contribution in [0.5, 0.6) is 0 Å². The molecule has 1 atom stereocenters. The second kappa shape index (κ2) is 5.23. The van der Waals surface area contributed by atoms with Crippen molar-refractivity contribution < 1.29 is 0 Å². The molecule has 0 fully saturated rings. The molecule has 0 aliphatic rings. The van der Waals surface area contributed by atoms with Gasteiger partial charge in [-0.3, -0.25) is 4.98 Å². The number of hydrogen-bond acceptors (Lipinski definition) is 4. The first-order chi connectivity index (χ1) is 7.86. The first-order valence-electron chi connectivity index (χ1n) is 5.43. The molecule has 0 radical (unpaired) electrons. The number of aromatic nitrogens is 3. The number of nitrogens with zero attached hydrogens (tertiary/aromatic N) is 3. The van der Waals surface area contributed by atoms with Gasteiger partial charge in [-0.15, -0.1) is 11.3 Å². The quantitative estimate of drug-likeness (QED) is 0.864. The second-order valence-electron chi connectivity index (χ2n) is 3.60. The van der Waals surface area contributed by atoms with Gasteiger partial charge in [0.1, 0.15) is 11.9 Å². The highest BCUT2D eigenvalue weighted by molar-refractivity contribution is 7.09. The molecule has 0 aliphatic heterocycles. The van der Waals surface area contributed by atoms with Crippen molar-refractivity contribution >= 4 is 11.3 Å². The van der Waals surface area contributed by atoms with Crippen LogP contribution in [0.4, 0.5) is 0 Å². The van der Waals surface area contributed by atoms with Crippen molar-refractivity contribution in [3.8, 4) is 0 Å². The first-order valence-corrected chi connectivity index (χ1v) is 6.31. The Labute approximate surface area is 99.4 Å². The van der Waals surface area contributed by atoms with Crippen molar-refractivity contribution in [2.45, 2.75) is 25.9 Å². The number of hydrogen-bond donors (Lipinski definition) is 1. The van der Waals surface area contributed by atoms with E-state index in [1.54, 1.807) is 11.3 Å². The van der Waals surface area contributed by atoms with Crippen molar-refractivity contribution in [1.82, 2.24) is 19.9 Å². The van der Waals surface area contributed by atoms with E-state index in [4.69, 9.17) is 0 Å². The number of thiazole rings is 1. The summed E-state index contributed by atoms with van der Waals surface area (Å²) in [5.74, 6) is 1.06. The zero-order chi connectivity index (χ0) is 11.4. The van der Waals surface area contributed by atoms with Crippen LogP contribution in [0.15, 0.2) is 24.1 Å². The molecule has 0 amide bonds. The maximum atomic E-state index is 4.44. The third kappa shape index (κ3) is 2.15. The molecule has 1 unspecified atom stereocenters. The predicted octanol–water partition coefficient (Wildman–Crippen LogP) is 2.06. The van der Waals surface area contributed by atoms with E-state index in [0.717, 1.165) is 18.8 Å². The summed E-state index contributed by atoms with van der Waals surface area (Å²) in [6.45, 7) is 3.18. The van der Waals surface area contributed by atoms with Gasteiger partial charge >= 0.3 is 0 Å². The minimum Gasteiger partial charge on any atom is -0.333 e. The average Bonchev–Trinajstić information content (AvgIpc) is 2.92. The number of aryl methyl sites for hydroxylation is 1. The van der Waals surface area contributed by atoms with Crippen LogP contribution in [0.1, 0.15) is 30.1 Å². The highest BCUT2D eigenvalue weighted by atomic mass is 32.1. The maximum absolute atomic E-state index is 4.44. The van der Waals surface area contributed by atoms with E-state index in [1.165, 1.54) is 4.88 Å². The summed E-state index contributed by atoms with van der Waals surface area (Å²) in [5, 5.41) is 3.29. The predicted molar refractivity (Wildman–Crippen MR) is 65.5 cm³/mol. The highest BCUT2D eigenvalue weighted by Gasteiger charge is 2.18. The Kier molecular flexibility index (Phi) is 3.69. The van der Waals surface area contributed by atoms with Crippen molar-refractivity contribution in [1.29, 1.82) is 0 Å². The summed E-state index contributed by atoms with van der Waals surface area (Å²) in [6.07, 6.45) is 6.90. The SMILES string of the molecule is CCCn1ccnc1C(NC)c1cncs1. The fourth-order valence-corrected chi connectivity index (χ4v) is 2.50. The van der Waals surface area contributed by atoms with Crippen LogP contribution in [-0.2, 0) is 6.54 Å². The van der Waals surface area contributed by atoms with E-state index in [1.807, 2.05) is 31.1 Å². The molecule has 2 rings (SSSR count). The Hall–Kier alpha value is -1.20. The van der Waals surface area contributed by atoms with Crippen LogP contribution < -0.4 is 5.32 Å². The molecule has 4 nitrogen and oxygen atoms in total. The van der Waals surface area contributed by atoms with Crippen molar-refractivity contribution in [3.05, 3.63) is 34.8 Å². The van der Waals surface area contributed by atoms with Crippen molar-refractivity contribution in [3.63, 3.8) is 0 Å². The van der Waals surface area contributed by atoms with Crippen molar-refractivity contribution in [2.75, 3.05) is 7.05 Å². The Morgan fingerprint density at radius 3 is 3.06 bits per heavy atom. The van der Waals surface area contributed by atoms with Crippen LogP contribution in [0.25, 0.3) is 0 Å². The summed E-state index contributed by atoms with van der Waals surface area (Å²) in [7, 11) is 1.95. The molecular weight excluding hydrogens is 220 g/mol. The third-order valence-electron chi connectivity index (χ3n) is 2.50. The fourth-order valence-electron chi connectivity index (χ4n) is 1.78. The topological polar surface area (TPSA) is 42.7 Å². The average molecular weight is 236 g/mol. The Balaban J connectivity index is 2.30. The smallest absolute Gasteiger partial charge is 0.131 e. The molecule has 0 aromatic carbocycles. The van der Waals surface area contributed by atoms with Crippen LogP contribution in [0.2, 0.25) is 0 Å². The molecule has 2 heterocycles. The summed E-state index contributed by atoms with van der Waals surface area (Å²) < 4.78 is 2.20. The molecule has 0 spiro atoms. The first kappa shape index (κ1) is 11.3. The van der Waals surface area contributed by atoms with Gasteiger partial charge in [-0.25, -0.2) is 4.98 Å². The van der Waals surface area contributed by atoms with E-state index in [0.29, 0.717) is 0 Å². The largest absolute Gasteiger partial charge is 0.333 e. The molecular formula is C11H16N4S. The standard InChI is InChI=1S/C11H16N4S/c1-3-5-15-6-4-14-11(15)10(12-2)9-7-13-8-16-9/h4,6-8,10,12H,3,5H2,1-2H3. The third-order valence-corrected chi connectivity index (χ3v) is 3.34. The summed E-state index contributed by atoms with van der Waals surface area (Å²) in [6, 6.07) is 0.147. The zero-order valence-electron chi connectivity index (χ0n) is 9.55. The van der Waals surface area contributed by atoms with Gasteiger partial charge in [0.25, 0.3) is 0 Å². The molecule has 0 aliphatic carbocycles. The van der Waals surface area contributed by atoms with Gasteiger partial charge in [0, 0.05) is 30.0 Å². The molecule has 5 heteroatoms. The van der Waals surface area contributed by atoms with E-state index >= 15 is 0 Å². The normalized spacial score (nSPS) is 12.9. The molecule has 2 aromatic heterocycles. The van der Waals surface area contributed by atoms with Gasteiger partial charge in [0.2, 0.25) is 0 Å². The monoisotopic (exact) mass is 236 g/mol. The fraction of sp³-hybridized carbons (Fsp3) is 0.455. The molecule has 86 valence electrons. The summed E-state index contributed by atoms with van der Waals surface area (Å²) in [4.78, 5) is 9.76. The van der Waals surface area contributed by atoms with Crippen LogP contribution in [-0.4, -0.2) is 21.6 Å². The highest BCUT2D eigenvalue weighted by Crippen LogP contribution is 2.23. The van der Waals surface area contributed by atoms with Gasteiger partial charge < -0.3 is 9.88 Å². The molecule has 0 bridgehead atoms. The number of imidazole rings is 1. The summed E-state index contributed by atoms with van der Waals surface area (Å²) in [5.41, 5.74) is 1.85. The Morgan fingerprint density at radius 1 is 1.56 bits per heavy atom. The van der Waals surface area contributed by atoms with Crippen molar-refractivity contribution in [2.24, 2.45) is 0 Å². The Morgan fingerprint density at radius 2 is 2.44 bits per heavy atom. The Bertz CT molecular complexity index is 421. The zero-order valence-corrected chi connectivity index (χ0v) is 10.4. The van der Waals surface area contributed by atoms with Gasteiger partial charge in [-0.05, 0) is 13.5 Å². The molecule has 16 heavy (non-hydrogen) atoms. The van der Waals surface area contributed by atoms with E-state index in [2.05, 4.69) is 26.8 Å². The van der Waals surface area contributed by atoms with E-state index in [-0.39, 0.29) is 6.04 Å². The van der Waals surface area contributed by atoms with Gasteiger partial charge in [0.05, 0.1) is 5.51 Å². The lowest BCUT2D eigenvalue weighted by atomic mass is 10.2. The van der Waals surface area contributed by atoms with Crippen LogP contribution in [0.3, 0.4) is 0 Å². The van der Waals surface area contributed by atoms with E-state index < -0.39 is 0 Å². The van der Waals surface area contributed by atoms with Gasteiger partial charge in [-0.2, -0.15) is 0 Å². The lowest BCUT2D eigenvalue weighted by Crippen LogP contribution is -2.21.